The van der Waals surface area contributed by atoms with E-state index in [0.29, 0.717) is 11.3 Å². The number of fused-ring (bicyclic) bond motifs is 5. The van der Waals surface area contributed by atoms with E-state index in [1.165, 1.54) is 61.6 Å². The Morgan fingerprint density at radius 1 is 1.00 bits per heavy atom. The van der Waals surface area contributed by atoms with Crippen LogP contribution in [0.4, 0.5) is 0 Å². The van der Waals surface area contributed by atoms with Crippen molar-refractivity contribution in [1.82, 2.24) is 4.90 Å². The Labute approximate surface area is 224 Å². The monoisotopic (exact) mass is 505 g/mol. The standard InChI is InChI=1S/C33H47NO3/c1-22-5-7-24(8-6-22)19-25-20-30-28-10-9-26-21-27(34-15-17-36-18-16-34)11-13-32(26,3)29(28)12-14-33(30,4)31(25)37-23(2)35/h5-8,19,26-31H,9-18,20-21H2,1-4H3/b25-19+/t26?,27-,28?,29?,30?,31-,32-,33-/m0/s1. The van der Waals surface area contributed by atoms with Crippen molar-refractivity contribution in [3.8, 4) is 0 Å². The second kappa shape index (κ2) is 9.83. The summed E-state index contributed by atoms with van der Waals surface area (Å²) in [4.78, 5) is 15.0. The highest BCUT2D eigenvalue weighted by atomic mass is 16.5. The van der Waals surface area contributed by atoms with Crippen LogP contribution in [0.5, 0.6) is 0 Å². The summed E-state index contributed by atoms with van der Waals surface area (Å²) >= 11 is 0. The number of aryl methyl sites for hydroxylation is 1. The Hall–Kier alpha value is -1.65. The normalized spacial score (nSPS) is 43.1. The zero-order valence-electron chi connectivity index (χ0n) is 23.5. The minimum atomic E-state index is -0.138. The first-order chi connectivity index (χ1) is 17.8. The van der Waals surface area contributed by atoms with Crippen molar-refractivity contribution in [3.05, 3.63) is 41.0 Å². The quantitative estimate of drug-likeness (QED) is 0.431. The number of nitrogens with zero attached hydrogens (tertiary/aromatic N) is 1. The topological polar surface area (TPSA) is 38.8 Å². The van der Waals surface area contributed by atoms with Crippen LogP contribution in [0, 0.1) is 41.4 Å². The molecule has 4 heteroatoms. The maximum Gasteiger partial charge on any atom is 0.303 e. The molecule has 0 amide bonds. The van der Waals surface area contributed by atoms with Crippen LogP contribution in [-0.2, 0) is 14.3 Å². The molecule has 1 aliphatic heterocycles. The van der Waals surface area contributed by atoms with Gasteiger partial charge < -0.3 is 9.47 Å². The minimum Gasteiger partial charge on any atom is -0.457 e. The second-order valence-corrected chi connectivity index (χ2v) is 13.6. The van der Waals surface area contributed by atoms with Crippen LogP contribution in [0.3, 0.4) is 0 Å². The van der Waals surface area contributed by atoms with Crippen LogP contribution >= 0.6 is 0 Å². The Morgan fingerprint density at radius 2 is 1.73 bits per heavy atom. The SMILES string of the molecule is CC(=O)O[C@H]1/C(=C/c2ccc(C)cc2)CC2C3CCC4C[C@@H](N5CCOCC5)CC[C@]4(C)C3CC[C@@]21C. The third-order valence-corrected chi connectivity index (χ3v) is 11.7. The highest BCUT2D eigenvalue weighted by Crippen LogP contribution is 2.67. The van der Waals surface area contributed by atoms with Crippen LogP contribution in [-0.4, -0.2) is 49.3 Å². The predicted molar refractivity (Wildman–Crippen MR) is 148 cm³/mol. The fraction of sp³-hybridized carbons (Fsp3) is 0.727. The first-order valence-electron chi connectivity index (χ1n) is 15.0. The van der Waals surface area contributed by atoms with Gasteiger partial charge in [0.05, 0.1) is 13.2 Å². The van der Waals surface area contributed by atoms with E-state index in [4.69, 9.17) is 9.47 Å². The van der Waals surface area contributed by atoms with Crippen molar-refractivity contribution < 1.29 is 14.3 Å². The maximum absolute atomic E-state index is 12.3. The molecule has 5 aliphatic rings. The van der Waals surface area contributed by atoms with Crippen molar-refractivity contribution in [2.24, 2.45) is 34.5 Å². The summed E-state index contributed by atoms with van der Waals surface area (Å²) in [6, 6.07) is 9.54. The average Bonchev–Trinajstić information content (AvgIpc) is 3.16. The summed E-state index contributed by atoms with van der Waals surface area (Å²) in [5.41, 5.74) is 4.37. The molecule has 4 saturated carbocycles. The number of rotatable bonds is 3. The maximum atomic E-state index is 12.3. The Kier molecular flexibility index (Phi) is 6.80. The Balaban J connectivity index is 1.25. The third-order valence-electron chi connectivity index (χ3n) is 11.7. The average molecular weight is 506 g/mol. The number of esters is 1. The fourth-order valence-corrected chi connectivity index (χ4v) is 9.74. The van der Waals surface area contributed by atoms with E-state index in [1.807, 2.05) is 0 Å². The van der Waals surface area contributed by atoms with Gasteiger partial charge in [0, 0.05) is 31.5 Å². The lowest BCUT2D eigenvalue weighted by molar-refractivity contribution is -0.160. The molecule has 0 N–H and O–H groups in total. The zero-order chi connectivity index (χ0) is 25.8. The summed E-state index contributed by atoms with van der Waals surface area (Å²) < 4.78 is 11.8. The molecule has 0 spiro atoms. The number of benzene rings is 1. The molecule has 202 valence electrons. The molecule has 4 nitrogen and oxygen atoms in total. The van der Waals surface area contributed by atoms with Crippen molar-refractivity contribution >= 4 is 12.0 Å². The zero-order valence-corrected chi connectivity index (χ0v) is 23.5. The van der Waals surface area contributed by atoms with Crippen LogP contribution in [0.25, 0.3) is 6.08 Å². The lowest BCUT2D eigenvalue weighted by Crippen LogP contribution is -2.56. The van der Waals surface area contributed by atoms with Crippen molar-refractivity contribution in [2.75, 3.05) is 26.3 Å². The van der Waals surface area contributed by atoms with Gasteiger partial charge in [-0.3, -0.25) is 9.69 Å². The van der Waals surface area contributed by atoms with Gasteiger partial charge in [-0.15, -0.1) is 0 Å². The van der Waals surface area contributed by atoms with Gasteiger partial charge in [0.15, 0.2) is 0 Å². The van der Waals surface area contributed by atoms with Gasteiger partial charge in [-0.1, -0.05) is 49.8 Å². The molecule has 0 aromatic heterocycles. The molecular weight excluding hydrogens is 458 g/mol. The third kappa shape index (κ3) is 4.50. The van der Waals surface area contributed by atoms with Crippen LogP contribution in [0.15, 0.2) is 29.8 Å². The summed E-state index contributed by atoms with van der Waals surface area (Å²) in [6.45, 7) is 12.9. The molecular formula is C33H47NO3. The summed E-state index contributed by atoms with van der Waals surface area (Å²) in [5, 5.41) is 0. The van der Waals surface area contributed by atoms with Crippen molar-refractivity contribution in [3.63, 3.8) is 0 Å². The molecule has 1 aromatic carbocycles. The van der Waals surface area contributed by atoms with Gasteiger partial charge in [-0.05, 0) is 98.5 Å². The highest BCUT2D eigenvalue weighted by Gasteiger charge is 2.62. The number of carbonyl (C=O) groups is 1. The van der Waals surface area contributed by atoms with E-state index in [0.717, 1.165) is 56.5 Å². The second-order valence-electron chi connectivity index (χ2n) is 13.6. The number of ether oxygens (including phenoxy) is 2. The molecule has 0 bridgehead atoms. The number of hydrogen-bond acceptors (Lipinski definition) is 4. The highest BCUT2D eigenvalue weighted by molar-refractivity contribution is 5.67. The first-order valence-corrected chi connectivity index (χ1v) is 15.0. The van der Waals surface area contributed by atoms with Gasteiger partial charge in [-0.2, -0.15) is 0 Å². The minimum absolute atomic E-state index is 0.0531. The fourth-order valence-electron chi connectivity index (χ4n) is 9.74. The smallest absolute Gasteiger partial charge is 0.303 e. The summed E-state index contributed by atoms with van der Waals surface area (Å²) in [5.74, 6) is 2.89. The molecule has 4 unspecified atom stereocenters. The molecule has 1 aromatic rings. The van der Waals surface area contributed by atoms with E-state index >= 15 is 0 Å². The van der Waals surface area contributed by atoms with Crippen molar-refractivity contribution in [2.45, 2.75) is 91.2 Å². The van der Waals surface area contributed by atoms with E-state index < -0.39 is 0 Å². The summed E-state index contributed by atoms with van der Waals surface area (Å²) in [6.07, 6.45) is 12.7. The van der Waals surface area contributed by atoms with Crippen LogP contribution < -0.4 is 0 Å². The van der Waals surface area contributed by atoms with Crippen molar-refractivity contribution in [1.29, 1.82) is 0 Å². The molecule has 1 saturated heterocycles. The molecule has 0 radical (unpaired) electrons. The van der Waals surface area contributed by atoms with Crippen LogP contribution in [0.1, 0.15) is 83.3 Å². The van der Waals surface area contributed by atoms with Gasteiger partial charge in [0.2, 0.25) is 0 Å². The number of morpholine rings is 1. The Bertz CT molecular complexity index is 1030. The van der Waals surface area contributed by atoms with Gasteiger partial charge in [-0.25, -0.2) is 0 Å². The molecule has 8 atom stereocenters. The van der Waals surface area contributed by atoms with Gasteiger partial charge in [0.1, 0.15) is 6.10 Å². The molecule has 37 heavy (non-hydrogen) atoms. The van der Waals surface area contributed by atoms with Gasteiger partial charge >= 0.3 is 5.97 Å². The lowest BCUT2D eigenvalue weighted by Gasteiger charge is -2.61. The van der Waals surface area contributed by atoms with E-state index in [2.05, 4.69) is 56.0 Å². The van der Waals surface area contributed by atoms with E-state index in [9.17, 15) is 4.79 Å². The largest absolute Gasteiger partial charge is 0.457 e. The first kappa shape index (κ1) is 25.6. The Morgan fingerprint density at radius 3 is 2.46 bits per heavy atom. The van der Waals surface area contributed by atoms with E-state index in [1.54, 1.807) is 6.92 Å². The van der Waals surface area contributed by atoms with E-state index in [-0.39, 0.29) is 17.5 Å². The lowest BCUT2D eigenvalue weighted by atomic mass is 9.45. The number of carbonyl (C=O) groups excluding carboxylic acids is 1. The number of hydrogen-bond donors (Lipinski definition) is 0. The molecule has 6 rings (SSSR count). The van der Waals surface area contributed by atoms with Crippen LogP contribution in [0.2, 0.25) is 0 Å². The van der Waals surface area contributed by atoms with Gasteiger partial charge in [0.25, 0.3) is 0 Å². The summed E-state index contributed by atoms with van der Waals surface area (Å²) in [7, 11) is 0. The molecule has 4 aliphatic carbocycles. The predicted octanol–water partition coefficient (Wildman–Crippen LogP) is 6.66. The molecule has 5 fully saturated rings. The molecule has 1 heterocycles.